The molecule has 2 aromatic heterocycles. The van der Waals surface area contributed by atoms with Gasteiger partial charge in [-0.25, -0.2) is 9.99 Å². The predicted octanol–water partition coefficient (Wildman–Crippen LogP) is 4.56. The molecule has 1 aliphatic rings. The van der Waals surface area contributed by atoms with Crippen LogP contribution >= 0.6 is 38.9 Å². The molecule has 10 heteroatoms. The highest BCUT2D eigenvalue weighted by atomic mass is 79.9. The maximum atomic E-state index is 13.5. The number of hydrogen-bond acceptors (Lipinski definition) is 6. The fourth-order valence-electron chi connectivity index (χ4n) is 3.64. The van der Waals surface area contributed by atoms with Gasteiger partial charge in [0.15, 0.2) is 3.92 Å². The minimum absolute atomic E-state index is 0.107. The van der Waals surface area contributed by atoms with Crippen molar-refractivity contribution in [1.82, 2.24) is 30.0 Å². The molecule has 1 aliphatic heterocycles. The van der Waals surface area contributed by atoms with Gasteiger partial charge in [-0.2, -0.15) is 15.0 Å². The van der Waals surface area contributed by atoms with Crippen molar-refractivity contribution in [3.63, 3.8) is 0 Å². The van der Waals surface area contributed by atoms with Gasteiger partial charge in [-0.05, 0) is 58.2 Å². The van der Waals surface area contributed by atoms with Gasteiger partial charge in [0.2, 0.25) is 0 Å². The van der Waals surface area contributed by atoms with E-state index in [1.165, 1.54) is 4.80 Å². The van der Waals surface area contributed by atoms with Gasteiger partial charge in [-0.3, -0.25) is 9.80 Å². The van der Waals surface area contributed by atoms with Crippen LogP contribution in [0.15, 0.2) is 52.7 Å². The van der Waals surface area contributed by atoms with E-state index in [9.17, 15) is 4.79 Å². The number of rotatable bonds is 4. The molecule has 0 saturated carbocycles. The number of benzene rings is 2. The van der Waals surface area contributed by atoms with E-state index in [0.717, 1.165) is 32.7 Å². The van der Waals surface area contributed by atoms with Crippen LogP contribution in [0.4, 0.5) is 0 Å². The molecule has 1 amide bonds. The molecule has 3 heterocycles. The summed E-state index contributed by atoms with van der Waals surface area (Å²) in [7, 11) is 0. The highest BCUT2D eigenvalue weighted by Gasteiger charge is 2.29. The molecule has 0 aliphatic carbocycles. The van der Waals surface area contributed by atoms with Crippen LogP contribution in [0, 0.1) is 0 Å². The van der Waals surface area contributed by atoms with Crippen molar-refractivity contribution in [2.24, 2.45) is 0 Å². The van der Waals surface area contributed by atoms with Gasteiger partial charge in [0, 0.05) is 24.7 Å². The molecule has 30 heavy (non-hydrogen) atoms. The Labute approximate surface area is 190 Å². The van der Waals surface area contributed by atoms with E-state index in [1.54, 1.807) is 46.9 Å². The quantitative estimate of drug-likeness (QED) is 0.408. The summed E-state index contributed by atoms with van der Waals surface area (Å²) in [6.07, 6.45) is 4.08. The van der Waals surface area contributed by atoms with Crippen molar-refractivity contribution in [3.05, 3.63) is 68.9 Å². The van der Waals surface area contributed by atoms with E-state index in [-0.39, 0.29) is 5.91 Å². The lowest BCUT2D eigenvalue weighted by atomic mass is 10.1. The lowest BCUT2D eigenvalue weighted by Crippen LogP contribution is -2.41. The molecule has 5 rings (SSSR count). The Morgan fingerprint density at radius 3 is 2.80 bits per heavy atom. The number of halogens is 2. The zero-order valence-electron chi connectivity index (χ0n) is 15.7. The van der Waals surface area contributed by atoms with Gasteiger partial charge >= 0.3 is 0 Å². The zero-order valence-corrected chi connectivity index (χ0v) is 18.9. The summed E-state index contributed by atoms with van der Waals surface area (Å²) < 4.78 is 1.99. The third kappa shape index (κ3) is 3.74. The number of aromatic nitrogens is 4. The molecule has 0 atom stereocenters. The molecule has 1 saturated heterocycles. The Balaban J connectivity index is 1.43. The molecule has 0 N–H and O–H groups in total. The van der Waals surface area contributed by atoms with Crippen molar-refractivity contribution >= 4 is 55.0 Å². The molecule has 0 radical (unpaired) electrons. The monoisotopic (exact) mass is 502 g/mol. The van der Waals surface area contributed by atoms with Crippen molar-refractivity contribution < 1.29 is 4.79 Å². The molecular formula is C20H16BrClN6OS. The summed E-state index contributed by atoms with van der Waals surface area (Å²) in [6, 6.07) is 11.4. The number of nitrogens with zero attached hydrogens (tertiary/aromatic N) is 6. The van der Waals surface area contributed by atoms with E-state index < -0.39 is 0 Å². The minimum atomic E-state index is -0.107. The van der Waals surface area contributed by atoms with Gasteiger partial charge in [0.25, 0.3) is 5.91 Å². The summed E-state index contributed by atoms with van der Waals surface area (Å²) in [5.74, 6) is -0.107. The summed E-state index contributed by atoms with van der Waals surface area (Å²) in [5, 5.41) is 12.7. The molecule has 1 fully saturated rings. The fourth-order valence-corrected chi connectivity index (χ4v) is 5.28. The first-order chi connectivity index (χ1) is 14.6. The Bertz CT molecular complexity index is 1230. The van der Waals surface area contributed by atoms with Gasteiger partial charge in [-0.1, -0.05) is 17.7 Å². The number of hydrogen-bond donors (Lipinski definition) is 0. The maximum absolute atomic E-state index is 13.5. The fraction of sp³-hybridized carbons (Fsp3) is 0.200. The highest BCUT2D eigenvalue weighted by Crippen LogP contribution is 2.28. The van der Waals surface area contributed by atoms with Crippen LogP contribution < -0.4 is 0 Å². The number of carbonyl (C=O) groups excluding carboxylic acids is 1. The first-order valence-corrected chi connectivity index (χ1v) is 11.4. The molecular weight excluding hydrogens is 488 g/mol. The van der Waals surface area contributed by atoms with Crippen molar-refractivity contribution in [3.8, 4) is 5.69 Å². The third-order valence-corrected chi connectivity index (χ3v) is 6.68. The number of thiazole rings is 1. The topological polar surface area (TPSA) is 67.2 Å². The lowest BCUT2D eigenvalue weighted by molar-refractivity contribution is 0.0170. The Morgan fingerprint density at radius 1 is 1.13 bits per heavy atom. The van der Waals surface area contributed by atoms with Gasteiger partial charge in [0.05, 0.1) is 33.9 Å². The van der Waals surface area contributed by atoms with Crippen molar-refractivity contribution in [1.29, 1.82) is 0 Å². The summed E-state index contributed by atoms with van der Waals surface area (Å²) in [6.45, 7) is 2.12. The van der Waals surface area contributed by atoms with Crippen LogP contribution in [0.5, 0.6) is 0 Å². The zero-order chi connectivity index (χ0) is 20.7. The van der Waals surface area contributed by atoms with E-state index in [0.29, 0.717) is 29.4 Å². The normalized spacial score (nSPS) is 14.7. The summed E-state index contributed by atoms with van der Waals surface area (Å²) >= 11 is 11.3. The van der Waals surface area contributed by atoms with Crippen LogP contribution in [0.2, 0.25) is 5.02 Å². The van der Waals surface area contributed by atoms with Crippen LogP contribution in [0.25, 0.3) is 15.9 Å². The number of amides is 1. The highest BCUT2D eigenvalue weighted by molar-refractivity contribution is 9.11. The average Bonchev–Trinajstić information content (AvgIpc) is 3.47. The molecule has 0 bridgehead atoms. The van der Waals surface area contributed by atoms with E-state index in [1.807, 2.05) is 6.07 Å². The number of hydrazine groups is 1. The Hall–Kier alpha value is -2.33. The SMILES string of the molecule is O=C(c1cc(Cl)ccc1-n1nccn1)N1CCCN1Cc1ccc2nc(Br)sc2c1. The first-order valence-electron chi connectivity index (χ1n) is 9.36. The predicted molar refractivity (Wildman–Crippen MR) is 120 cm³/mol. The number of fused-ring (bicyclic) bond motifs is 1. The van der Waals surface area contributed by atoms with Crippen molar-refractivity contribution in [2.75, 3.05) is 13.1 Å². The maximum Gasteiger partial charge on any atom is 0.270 e. The molecule has 7 nitrogen and oxygen atoms in total. The van der Waals surface area contributed by atoms with Gasteiger partial charge < -0.3 is 0 Å². The second kappa shape index (κ2) is 8.07. The van der Waals surface area contributed by atoms with Gasteiger partial charge in [-0.15, -0.1) is 11.3 Å². The molecule has 2 aromatic carbocycles. The summed E-state index contributed by atoms with van der Waals surface area (Å²) in [4.78, 5) is 19.4. The average molecular weight is 504 g/mol. The number of carbonyl (C=O) groups is 1. The van der Waals surface area contributed by atoms with Crippen LogP contribution in [0.3, 0.4) is 0 Å². The lowest BCUT2D eigenvalue weighted by Gasteiger charge is -2.28. The van der Waals surface area contributed by atoms with E-state index in [2.05, 4.69) is 48.3 Å². The largest absolute Gasteiger partial charge is 0.271 e. The molecule has 0 unspecified atom stereocenters. The van der Waals surface area contributed by atoms with Crippen LogP contribution in [-0.2, 0) is 6.54 Å². The molecule has 152 valence electrons. The van der Waals surface area contributed by atoms with E-state index >= 15 is 0 Å². The third-order valence-electron chi connectivity index (χ3n) is 4.98. The Kier molecular flexibility index (Phi) is 5.28. The smallest absolute Gasteiger partial charge is 0.270 e. The molecule has 4 aromatic rings. The summed E-state index contributed by atoms with van der Waals surface area (Å²) in [5.41, 5.74) is 3.20. The minimum Gasteiger partial charge on any atom is -0.271 e. The standard InChI is InChI=1S/C20H16BrClN6OS/c21-20-25-16-4-2-13(10-18(16)30-20)12-26-8-1-9-27(26)19(29)15-11-14(22)3-5-17(15)28-23-6-7-24-28/h2-7,10-11H,1,8-9,12H2. The molecule has 0 spiro atoms. The first kappa shape index (κ1) is 19.6. The van der Waals surface area contributed by atoms with Gasteiger partial charge in [0.1, 0.15) is 0 Å². The van der Waals surface area contributed by atoms with Crippen LogP contribution in [-0.4, -0.2) is 49.0 Å². The van der Waals surface area contributed by atoms with Crippen molar-refractivity contribution in [2.45, 2.75) is 13.0 Å². The Morgan fingerprint density at radius 2 is 1.97 bits per heavy atom. The second-order valence-corrected chi connectivity index (χ2v) is 9.66. The second-order valence-electron chi connectivity index (χ2n) is 6.92. The van der Waals surface area contributed by atoms with E-state index in [4.69, 9.17) is 11.6 Å². The van der Waals surface area contributed by atoms with Crippen LogP contribution in [0.1, 0.15) is 22.3 Å².